The van der Waals surface area contributed by atoms with Gasteiger partial charge >= 0.3 is 0 Å². The molecular formula is C17H13ClN4OS. The molecular weight excluding hydrogens is 344 g/mol. The summed E-state index contributed by atoms with van der Waals surface area (Å²) in [5, 5.41) is 5.97. The fraction of sp³-hybridized carbons (Fsp3) is 0.0588. The van der Waals surface area contributed by atoms with E-state index in [9.17, 15) is 0 Å². The quantitative estimate of drug-likeness (QED) is 0.591. The van der Waals surface area contributed by atoms with E-state index in [2.05, 4.69) is 10.1 Å². The normalized spacial score (nSPS) is 11.1. The van der Waals surface area contributed by atoms with Crippen LogP contribution >= 0.6 is 22.9 Å². The van der Waals surface area contributed by atoms with E-state index in [4.69, 9.17) is 22.1 Å². The van der Waals surface area contributed by atoms with Crippen molar-refractivity contribution in [3.8, 4) is 22.1 Å². The van der Waals surface area contributed by atoms with Crippen LogP contribution in [0.5, 0.6) is 5.75 Å². The SMILES string of the molecule is COc1cccc2sc(-n3nc(-c4ccc(Cl)cc4)cc3N)nc12. The van der Waals surface area contributed by atoms with Gasteiger partial charge in [0.05, 0.1) is 17.5 Å². The summed E-state index contributed by atoms with van der Waals surface area (Å²) in [6.45, 7) is 0. The fourth-order valence-electron chi connectivity index (χ4n) is 2.48. The molecule has 0 fully saturated rings. The number of para-hydroxylation sites is 1. The van der Waals surface area contributed by atoms with Gasteiger partial charge in [-0.05, 0) is 24.3 Å². The third-order valence-electron chi connectivity index (χ3n) is 3.65. The number of aromatic nitrogens is 3. The molecule has 7 heteroatoms. The van der Waals surface area contributed by atoms with Crippen molar-refractivity contribution in [2.24, 2.45) is 0 Å². The number of nitrogens with two attached hydrogens (primary N) is 1. The fourth-order valence-corrected chi connectivity index (χ4v) is 3.56. The first-order valence-electron chi connectivity index (χ1n) is 7.21. The molecule has 2 aromatic carbocycles. The van der Waals surface area contributed by atoms with Crippen molar-refractivity contribution in [1.82, 2.24) is 14.8 Å². The summed E-state index contributed by atoms with van der Waals surface area (Å²) in [6, 6.07) is 15.1. The van der Waals surface area contributed by atoms with Crippen LogP contribution in [0.3, 0.4) is 0 Å². The Morgan fingerprint density at radius 2 is 1.96 bits per heavy atom. The highest BCUT2D eigenvalue weighted by molar-refractivity contribution is 7.20. The van der Waals surface area contributed by atoms with E-state index in [0.717, 1.165) is 27.2 Å². The molecule has 2 aromatic heterocycles. The van der Waals surface area contributed by atoms with E-state index in [1.165, 1.54) is 11.3 Å². The predicted octanol–water partition coefficient (Wildman–Crippen LogP) is 4.39. The van der Waals surface area contributed by atoms with Crippen LogP contribution in [-0.2, 0) is 0 Å². The lowest BCUT2D eigenvalue weighted by Crippen LogP contribution is -2.00. The van der Waals surface area contributed by atoms with Gasteiger partial charge in [0.25, 0.3) is 0 Å². The van der Waals surface area contributed by atoms with E-state index >= 15 is 0 Å². The number of fused-ring (bicyclic) bond motifs is 1. The van der Waals surface area contributed by atoms with Crippen LogP contribution in [0.1, 0.15) is 0 Å². The van der Waals surface area contributed by atoms with Gasteiger partial charge < -0.3 is 10.5 Å². The van der Waals surface area contributed by atoms with E-state index in [-0.39, 0.29) is 0 Å². The predicted molar refractivity (Wildman–Crippen MR) is 98.2 cm³/mol. The monoisotopic (exact) mass is 356 g/mol. The Morgan fingerprint density at radius 3 is 2.71 bits per heavy atom. The number of ether oxygens (including phenoxy) is 1. The summed E-state index contributed by atoms with van der Waals surface area (Å²) < 4.78 is 8.03. The summed E-state index contributed by atoms with van der Waals surface area (Å²) in [5.74, 6) is 1.26. The molecule has 0 aliphatic rings. The Bertz CT molecular complexity index is 1020. The van der Waals surface area contributed by atoms with Gasteiger partial charge in [0.1, 0.15) is 17.1 Å². The lowest BCUT2D eigenvalue weighted by Gasteiger charge is -1.99. The number of rotatable bonds is 3. The first-order valence-corrected chi connectivity index (χ1v) is 8.40. The van der Waals surface area contributed by atoms with Crippen molar-refractivity contribution < 1.29 is 4.74 Å². The van der Waals surface area contributed by atoms with Gasteiger partial charge in [0.2, 0.25) is 5.13 Å². The zero-order valence-corrected chi connectivity index (χ0v) is 14.3. The summed E-state index contributed by atoms with van der Waals surface area (Å²) in [6.07, 6.45) is 0. The second kappa shape index (κ2) is 5.81. The van der Waals surface area contributed by atoms with Gasteiger partial charge in [-0.3, -0.25) is 0 Å². The largest absolute Gasteiger partial charge is 0.494 e. The van der Waals surface area contributed by atoms with Crippen molar-refractivity contribution >= 4 is 39.0 Å². The summed E-state index contributed by atoms with van der Waals surface area (Å²) in [4.78, 5) is 4.63. The Hall–Kier alpha value is -2.57. The second-order valence-corrected chi connectivity index (χ2v) is 6.62. The van der Waals surface area contributed by atoms with Gasteiger partial charge in [-0.25, -0.2) is 4.98 Å². The molecule has 120 valence electrons. The summed E-state index contributed by atoms with van der Waals surface area (Å²) in [7, 11) is 1.63. The molecule has 0 atom stereocenters. The minimum absolute atomic E-state index is 0.526. The molecule has 0 saturated carbocycles. The smallest absolute Gasteiger partial charge is 0.213 e. The number of anilines is 1. The number of halogens is 1. The number of benzene rings is 2. The number of thiazole rings is 1. The molecule has 2 N–H and O–H groups in total. The molecule has 0 saturated heterocycles. The first-order chi connectivity index (χ1) is 11.7. The van der Waals surface area contributed by atoms with Gasteiger partial charge in [-0.2, -0.15) is 9.78 Å². The molecule has 0 aliphatic carbocycles. The van der Waals surface area contributed by atoms with Gasteiger partial charge in [0.15, 0.2) is 0 Å². The molecule has 0 aliphatic heterocycles. The van der Waals surface area contributed by atoms with E-state index in [1.807, 2.05) is 48.5 Å². The maximum atomic E-state index is 6.14. The third-order valence-corrected chi connectivity index (χ3v) is 4.90. The number of methoxy groups -OCH3 is 1. The van der Waals surface area contributed by atoms with Crippen molar-refractivity contribution in [3.05, 3.63) is 53.6 Å². The standard InChI is InChI=1S/C17H13ClN4OS/c1-23-13-3-2-4-14-16(13)20-17(24-14)22-15(19)9-12(21-22)10-5-7-11(18)8-6-10/h2-9H,19H2,1H3. The highest BCUT2D eigenvalue weighted by atomic mass is 35.5. The average molecular weight is 357 g/mol. The number of hydrogen-bond donors (Lipinski definition) is 1. The molecule has 24 heavy (non-hydrogen) atoms. The molecule has 0 bridgehead atoms. The van der Waals surface area contributed by atoms with Crippen LogP contribution in [0, 0.1) is 0 Å². The second-order valence-electron chi connectivity index (χ2n) is 5.18. The van der Waals surface area contributed by atoms with Crippen molar-refractivity contribution in [3.63, 3.8) is 0 Å². The van der Waals surface area contributed by atoms with Crippen molar-refractivity contribution in [2.45, 2.75) is 0 Å². The number of nitrogen functional groups attached to an aromatic ring is 1. The molecule has 5 nitrogen and oxygen atoms in total. The minimum Gasteiger partial charge on any atom is -0.494 e. The Balaban J connectivity index is 1.81. The number of hydrogen-bond acceptors (Lipinski definition) is 5. The van der Waals surface area contributed by atoms with E-state index < -0.39 is 0 Å². The highest BCUT2D eigenvalue weighted by Crippen LogP contribution is 2.33. The van der Waals surface area contributed by atoms with Gasteiger partial charge in [-0.15, -0.1) is 0 Å². The zero-order valence-electron chi connectivity index (χ0n) is 12.7. The maximum Gasteiger partial charge on any atom is 0.213 e. The van der Waals surface area contributed by atoms with Crippen LogP contribution in [0.15, 0.2) is 48.5 Å². The van der Waals surface area contributed by atoms with Crippen LogP contribution in [-0.4, -0.2) is 21.9 Å². The topological polar surface area (TPSA) is 66.0 Å². The molecule has 2 heterocycles. The molecule has 0 amide bonds. The molecule has 4 aromatic rings. The highest BCUT2D eigenvalue weighted by Gasteiger charge is 2.14. The lowest BCUT2D eigenvalue weighted by atomic mass is 10.1. The summed E-state index contributed by atoms with van der Waals surface area (Å²) in [5.41, 5.74) is 8.67. The molecule has 4 rings (SSSR count). The lowest BCUT2D eigenvalue weighted by molar-refractivity contribution is 0.419. The molecule has 0 unspecified atom stereocenters. The summed E-state index contributed by atoms with van der Waals surface area (Å²) >= 11 is 7.45. The van der Waals surface area contributed by atoms with Crippen LogP contribution < -0.4 is 10.5 Å². The van der Waals surface area contributed by atoms with Crippen LogP contribution in [0.25, 0.3) is 26.6 Å². The first kappa shape index (κ1) is 15.0. The molecule has 0 radical (unpaired) electrons. The third kappa shape index (κ3) is 2.50. The average Bonchev–Trinajstić information content (AvgIpc) is 3.18. The van der Waals surface area contributed by atoms with Crippen LogP contribution in [0.4, 0.5) is 5.82 Å². The Labute approximate surface area is 147 Å². The number of nitrogens with zero attached hydrogens (tertiary/aromatic N) is 3. The maximum absolute atomic E-state index is 6.14. The van der Waals surface area contributed by atoms with Crippen molar-refractivity contribution in [1.29, 1.82) is 0 Å². The Kier molecular flexibility index (Phi) is 3.63. The minimum atomic E-state index is 0.526. The van der Waals surface area contributed by atoms with E-state index in [0.29, 0.717) is 16.0 Å². The zero-order chi connectivity index (χ0) is 16.7. The van der Waals surface area contributed by atoms with Crippen molar-refractivity contribution in [2.75, 3.05) is 12.8 Å². The Morgan fingerprint density at radius 1 is 1.17 bits per heavy atom. The van der Waals surface area contributed by atoms with Crippen LogP contribution in [0.2, 0.25) is 5.02 Å². The molecule has 0 spiro atoms. The van der Waals surface area contributed by atoms with Gasteiger partial charge in [0, 0.05) is 16.7 Å². The van der Waals surface area contributed by atoms with Gasteiger partial charge in [-0.1, -0.05) is 41.1 Å². The van der Waals surface area contributed by atoms with E-state index in [1.54, 1.807) is 11.8 Å².